The van der Waals surface area contributed by atoms with Gasteiger partial charge in [-0.05, 0) is 48.3 Å². The van der Waals surface area contributed by atoms with Crippen molar-refractivity contribution in [1.29, 1.82) is 5.26 Å². The van der Waals surface area contributed by atoms with Gasteiger partial charge in [-0.15, -0.1) is 0 Å². The molecule has 0 aromatic rings. The van der Waals surface area contributed by atoms with Gasteiger partial charge in [-0.25, -0.2) is 0 Å². The van der Waals surface area contributed by atoms with Gasteiger partial charge in [0.15, 0.2) is 0 Å². The zero-order valence-electron chi connectivity index (χ0n) is 6.40. The second-order valence-corrected chi connectivity index (χ2v) is 4.93. The first-order valence-corrected chi connectivity index (χ1v) is 4.81. The van der Waals surface area contributed by atoms with Crippen molar-refractivity contribution < 1.29 is 0 Å². The fraction of sp³-hybridized carbons (Fsp3) is 0.900. The molecular formula is C10H11N. The molecule has 5 aliphatic carbocycles. The van der Waals surface area contributed by atoms with E-state index in [2.05, 4.69) is 6.07 Å². The van der Waals surface area contributed by atoms with Crippen molar-refractivity contribution in [2.45, 2.75) is 12.8 Å². The molecule has 0 unspecified atom stereocenters. The van der Waals surface area contributed by atoms with Crippen molar-refractivity contribution in [3.8, 4) is 6.07 Å². The minimum atomic E-state index is 0.471. The van der Waals surface area contributed by atoms with Crippen molar-refractivity contribution in [3.63, 3.8) is 0 Å². The maximum Gasteiger partial charge on any atom is 0.0659 e. The molecule has 7 atom stereocenters. The SMILES string of the molecule is N#C[C@@H]1C[C@@H]2[C@H]3C[C@H]4[C@H]2[C@H]4[C@H]31. The minimum absolute atomic E-state index is 0.471. The first-order valence-electron chi connectivity index (χ1n) is 4.81. The molecule has 0 N–H and O–H groups in total. The van der Waals surface area contributed by atoms with Crippen LogP contribution in [0.25, 0.3) is 0 Å². The van der Waals surface area contributed by atoms with Crippen molar-refractivity contribution in [2.24, 2.45) is 41.4 Å². The summed E-state index contributed by atoms with van der Waals surface area (Å²) in [6.07, 6.45) is 2.77. The van der Waals surface area contributed by atoms with Crippen molar-refractivity contribution >= 4 is 0 Å². The molecule has 5 aliphatic rings. The maximum absolute atomic E-state index is 8.91. The monoisotopic (exact) mass is 145 g/mol. The molecule has 0 spiro atoms. The molecule has 0 heterocycles. The Morgan fingerprint density at radius 1 is 0.909 bits per heavy atom. The lowest BCUT2D eigenvalue weighted by atomic mass is 9.90. The summed E-state index contributed by atoms with van der Waals surface area (Å²) in [4.78, 5) is 0. The average Bonchev–Trinajstić information content (AvgIpc) is 2.41. The molecule has 0 aromatic carbocycles. The van der Waals surface area contributed by atoms with Gasteiger partial charge in [-0.2, -0.15) is 5.26 Å². The number of rotatable bonds is 0. The van der Waals surface area contributed by atoms with Gasteiger partial charge in [-0.3, -0.25) is 0 Å². The number of hydrogen-bond donors (Lipinski definition) is 0. The zero-order valence-corrected chi connectivity index (χ0v) is 6.40. The summed E-state index contributed by atoms with van der Waals surface area (Å²) in [7, 11) is 0. The van der Waals surface area contributed by atoms with Gasteiger partial charge in [0.1, 0.15) is 0 Å². The van der Waals surface area contributed by atoms with Crippen LogP contribution in [0.3, 0.4) is 0 Å². The number of hydrogen-bond acceptors (Lipinski definition) is 1. The van der Waals surface area contributed by atoms with Crippen LogP contribution < -0.4 is 0 Å². The molecule has 5 saturated carbocycles. The van der Waals surface area contributed by atoms with Crippen LogP contribution in [-0.2, 0) is 0 Å². The van der Waals surface area contributed by atoms with Gasteiger partial charge < -0.3 is 0 Å². The van der Waals surface area contributed by atoms with Crippen LogP contribution in [0.5, 0.6) is 0 Å². The molecule has 0 radical (unpaired) electrons. The number of nitriles is 1. The quantitative estimate of drug-likeness (QED) is 0.508. The van der Waals surface area contributed by atoms with E-state index in [1.165, 1.54) is 12.8 Å². The van der Waals surface area contributed by atoms with E-state index >= 15 is 0 Å². The van der Waals surface area contributed by atoms with Crippen molar-refractivity contribution in [3.05, 3.63) is 0 Å². The summed E-state index contributed by atoms with van der Waals surface area (Å²) in [6, 6.07) is 2.51. The van der Waals surface area contributed by atoms with E-state index in [-0.39, 0.29) is 0 Å². The third-order valence-electron chi connectivity index (χ3n) is 4.98. The van der Waals surface area contributed by atoms with Gasteiger partial charge in [-0.1, -0.05) is 0 Å². The summed E-state index contributed by atoms with van der Waals surface area (Å²) < 4.78 is 0. The van der Waals surface area contributed by atoms with Gasteiger partial charge in [0.25, 0.3) is 0 Å². The lowest BCUT2D eigenvalue weighted by Crippen LogP contribution is -2.11. The summed E-state index contributed by atoms with van der Waals surface area (Å²) in [5.74, 6) is 6.64. The van der Waals surface area contributed by atoms with Gasteiger partial charge in [0.2, 0.25) is 0 Å². The molecule has 6 bridgehead atoms. The van der Waals surface area contributed by atoms with Gasteiger partial charge in [0, 0.05) is 5.92 Å². The lowest BCUT2D eigenvalue weighted by Gasteiger charge is -2.12. The van der Waals surface area contributed by atoms with E-state index in [4.69, 9.17) is 5.26 Å². The van der Waals surface area contributed by atoms with Crippen molar-refractivity contribution in [1.82, 2.24) is 0 Å². The van der Waals surface area contributed by atoms with Gasteiger partial charge >= 0.3 is 0 Å². The highest BCUT2D eigenvalue weighted by molar-refractivity contribution is 5.27. The highest BCUT2D eigenvalue weighted by Crippen LogP contribution is 2.81. The summed E-state index contributed by atoms with van der Waals surface area (Å²) in [5.41, 5.74) is 0. The van der Waals surface area contributed by atoms with Crippen LogP contribution in [0.2, 0.25) is 0 Å². The maximum atomic E-state index is 8.91. The molecule has 56 valence electrons. The third kappa shape index (κ3) is 0.341. The predicted octanol–water partition coefficient (Wildman–Crippen LogP) is 1.66. The van der Waals surface area contributed by atoms with E-state index in [9.17, 15) is 0 Å². The van der Waals surface area contributed by atoms with E-state index in [1.54, 1.807) is 0 Å². The van der Waals surface area contributed by atoms with Gasteiger partial charge in [0.05, 0.1) is 6.07 Å². The summed E-state index contributed by atoms with van der Waals surface area (Å²) >= 11 is 0. The van der Waals surface area contributed by atoms with Crippen LogP contribution >= 0.6 is 0 Å². The van der Waals surface area contributed by atoms with Crippen LogP contribution in [0.1, 0.15) is 12.8 Å². The highest BCUT2D eigenvalue weighted by Gasteiger charge is 2.77. The van der Waals surface area contributed by atoms with E-state index in [0.717, 1.165) is 35.5 Å². The van der Waals surface area contributed by atoms with Crippen molar-refractivity contribution in [2.75, 3.05) is 0 Å². The Hall–Kier alpha value is -0.510. The molecule has 0 saturated heterocycles. The smallest absolute Gasteiger partial charge is 0.0659 e. The Bertz CT molecular complexity index is 277. The Balaban J connectivity index is 1.86. The largest absolute Gasteiger partial charge is 0.198 e. The fourth-order valence-electron chi connectivity index (χ4n) is 4.88. The summed E-state index contributed by atoms with van der Waals surface area (Å²) in [5, 5.41) is 8.91. The topological polar surface area (TPSA) is 23.8 Å². The normalized spacial score (nSPS) is 73.5. The fourth-order valence-corrected chi connectivity index (χ4v) is 4.88. The van der Waals surface area contributed by atoms with Crippen LogP contribution in [-0.4, -0.2) is 0 Å². The second kappa shape index (κ2) is 1.24. The summed E-state index contributed by atoms with van der Waals surface area (Å²) in [6.45, 7) is 0. The van der Waals surface area contributed by atoms with Crippen LogP contribution in [0, 0.1) is 52.8 Å². The Morgan fingerprint density at radius 3 is 2.27 bits per heavy atom. The number of nitrogens with zero attached hydrogens (tertiary/aromatic N) is 1. The van der Waals surface area contributed by atoms with Crippen LogP contribution in [0.4, 0.5) is 0 Å². The zero-order chi connectivity index (χ0) is 7.16. The molecule has 0 aromatic heterocycles. The first-order chi connectivity index (χ1) is 5.42. The molecule has 1 nitrogen and oxygen atoms in total. The molecule has 1 heteroatoms. The standard InChI is InChI=1S/C10H11N/c11-3-4-1-5-6-2-7-9(5)10(7)8(4)6/h4-10H,1-2H2/t4-,5+,6+,7-,8-,9-,10+/m0/s1. The predicted molar refractivity (Wildman–Crippen MR) is 39.3 cm³/mol. The Morgan fingerprint density at radius 2 is 1.73 bits per heavy atom. The second-order valence-electron chi connectivity index (χ2n) is 4.93. The average molecular weight is 145 g/mol. The highest BCUT2D eigenvalue weighted by atomic mass is 14.8. The lowest BCUT2D eigenvalue weighted by molar-refractivity contribution is 0.375. The molecule has 11 heavy (non-hydrogen) atoms. The van der Waals surface area contributed by atoms with E-state index in [1.807, 2.05) is 0 Å². The molecule has 5 rings (SSSR count). The minimum Gasteiger partial charge on any atom is -0.198 e. The Kier molecular flexibility index (Phi) is 0.585. The Labute approximate surface area is 66.4 Å². The van der Waals surface area contributed by atoms with E-state index < -0.39 is 0 Å². The molecule has 0 aliphatic heterocycles. The third-order valence-corrected chi connectivity index (χ3v) is 4.98. The molecular weight excluding hydrogens is 134 g/mol. The molecule has 0 amide bonds. The van der Waals surface area contributed by atoms with Crippen LogP contribution in [0.15, 0.2) is 0 Å². The first kappa shape index (κ1) is 5.19. The van der Waals surface area contributed by atoms with E-state index in [0.29, 0.717) is 5.92 Å². The molecule has 5 fully saturated rings.